The second-order valence-electron chi connectivity index (χ2n) is 6.55. The Balaban J connectivity index is 0.000000231. The van der Waals surface area contributed by atoms with E-state index in [-0.39, 0.29) is 20.3 Å². The minimum Gasteiger partial charge on any atom is -0.358 e. The molecule has 0 bridgehead atoms. The van der Waals surface area contributed by atoms with Crippen molar-refractivity contribution in [1.29, 1.82) is 0 Å². The summed E-state index contributed by atoms with van der Waals surface area (Å²) in [5.74, 6) is 0. The molecule has 0 aliphatic heterocycles. The second-order valence-corrected chi connectivity index (χ2v) is 15.9. The topological polar surface area (TPSA) is 0 Å². The molecule has 2 heteroatoms. The second kappa shape index (κ2) is 12.0. The summed E-state index contributed by atoms with van der Waals surface area (Å²) in [4.78, 5) is 0. The summed E-state index contributed by atoms with van der Waals surface area (Å²) < 4.78 is 0. The fourth-order valence-corrected chi connectivity index (χ4v) is 3.07. The number of benzene rings is 3. The fraction of sp³-hybridized carbons (Fsp3) is 0.115. The molecular weight excluding hydrogens is 432 g/mol. The number of hydrogen-bond acceptors (Lipinski definition) is 0. The summed E-state index contributed by atoms with van der Waals surface area (Å²) in [7, 11) is 0. The van der Waals surface area contributed by atoms with Crippen molar-refractivity contribution in [2.24, 2.45) is 0 Å². The van der Waals surface area contributed by atoms with Crippen LogP contribution in [0, 0.1) is 20.9 Å². The average molecular weight is 460 g/mol. The van der Waals surface area contributed by atoms with Crippen LogP contribution in [-0.2, 0) is 29.8 Å². The van der Waals surface area contributed by atoms with Crippen molar-refractivity contribution in [1.82, 2.24) is 0 Å². The van der Waals surface area contributed by atoms with Gasteiger partial charge in [0.1, 0.15) is 0 Å². The third kappa shape index (κ3) is 6.47. The molecule has 28 heavy (non-hydrogen) atoms. The van der Waals surface area contributed by atoms with Crippen LogP contribution in [0.4, 0.5) is 0 Å². The Labute approximate surface area is 186 Å². The molecule has 4 aromatic rings. The van der Waals surface area contributed by atoms with Gasteiger partial charge in [-0.1, -0.05) is 41.5 Å². The Kier molecular flexibility index (Phi) is 10.5. The molecule has 0 spiro atoms. The van der Waals surface area contributed by atoms with Crippen molar-refractivity contribution in [3.63, 3.8) is 0 Å². The largest absolute Gasteiger partial charge is 0.358 e. The van der Waals surface area contributed by atoms with Crippen LogP contribution in [0.25, 0.3) is 21.9 Å². The van der Waals surface area contributed by atoms with Gasteiger partial charge in [0.05, 0.1) is 0 Å². The van der Waals surface area contributed by atoms with E-state index in [9.17, 15) is 0 Å². The Morgan fingerprint density at radius 2 is 1.50 bits per heavy atom. The molecule has 0 amide bonds. The van der Waals surface area contributed by atoms with Crippen LogP contribution in [0.3, 0.4) is 0 Å². The summed E-state index contributed by atoms with van der Waals surface area (Å²) in [5.41, 5.74) is 5.72. The number of hydrogen-bond donors (Lipinski definition) is 0. The maximum Gasteiger partial charge on any atom is -0.0253 e. The van der Waals surface area contributed by atoms with E-state index in [1.807, 2.05) is 6.07 Å². The van der Waals surface area contributed by atoms with Crippen molar-refractivity contribution in [2.75, 3.05) is 0 Å². The van der Waals surface area contributed by atoms with Crippen LogP contribution in [0.5, 0.6) is 0 Å². The molecule has 1 aliphatic carbocycles. The van der Waals surface area contributed by atoms with Crippen LogP contribution < -0.4 is 0 Å². The van der Waals surface area contributed by atoms with E-state index >= 15 is 0 Å². The molecule has 0 atom stereocenters. The molecule has 0 saturated heterocycles. The van der Waals surface area contributed by atoms with E-state index in [4.69, 9.17) is 0 Å². The van der Waals surface area contributed by atoms with Crippen LogP contribution in [-0.4, -0.2) is 5.43 Å². The molecule has 0 aromatic heterocycles. The Bertz CT molecular complexity index is 936. The first-order valence-corrected chi connectivity index (χ1v) is 15.0. The first-order chi connectivity index (χ1) is 12.6. The predicted molar refractivity (Wildman–Crippen MR) is 123 cm³/mol. The molecule has 0 nitrogen and oxygen atoms in total. The van der Waals surface area contributed by atoms with Crippen molar-refractivity contribution in [3.05, 3.63) is 117 Å². The molecule has 0 saturated carbocycles. The number of fused-ring (bicyclic) bond motifs is 4. The minimum atomic E-state index is 0. The molecule has 0 heterocycles. The fourth-order valence-electron chi connectivity index (χ4n) is 3.07. The summed E-state index contributed by atoms with van der Waals surface area (Å²) in [6.07, 6.45) is 1.05. The maximum atomic E-state index is 3.30. The van der Waals surface area contributed by atoms with Crippen LogP contribution in [0.2, 0.25) is 13.1 Å². The first kappa shape index (κ1) is 24.4. The van der Waals surface area contributed by atoms with Gasteiger partial charge in [0.15, 0.2) is 0 Å². The smallest absolute Gasteiger partial charge is 0.0253 e. The van der Waals surface area contributed by atoms with Gasteiger partial charge in [-0.05, 0) is 6.42 Å². The zero-order valence-electron chi connectivity index (χ0n) is 17.3. The van der Waals surface area contributed by atoms with Gasteiger partial charge in [-0.2, -0.15) is 47.3 Å². The van der Waals surface area contributed by atoms with Gasteiger partial charge >= 0.3 is 41.9 Å². The molecule has 0 unspecified atom stereocenters. The van der Waals surface area contributed by atoms with Crippen LogP contribution in [0.1, 0.15) is 11.1 Å². The van der Waals surface area contributed by atoms with E-state index in [1.165, 1.54) is 33.0 Å². The van der Waals surface area contributed by atoms with Gasteiger partial charge in [0.2, 0.25) is 0 Å². The van der Waals surface area contributed by atoms with Crippen LogP contribution >= 0.6 is 0 Å². The van der Waals surface area contributed by atoms with E-state index in [0.29, 0.717) is 0 Å². The summed E-state index contributed by atoms with van der Waals surface area (Å²) in [5, 5.41) is 2.66. The first-order valence-electron chi connectivity index (χ1n) is 8.85. The SMILES string of the molecule is C[Si](C)=[Zr].[CH3-].[CH3-].[c-]1cccc2c1Cc1ccccc1-2.c1ccc2[cH-]ccc2c1. The maximum absolute atomic E-state index is 3.30. The van der Waals surface area contributed by atoms with E-state index in [2.05, 4.69) is 98.0 Å². The van der Waals surface area contributed by atoms with Gasteiger partial charge in [0, 0.05) is 0 Å². The monoisotopic (exact) mass is 458 g/mol. The quantitative estimate of drug-likeness (QED) is 0.168. The summed E-state index contributed by atoms with van der Waals surface area (Å²) in [6.45, 7) is 4.62. The molecule has 144 valence electrons. The van der Waals surface area contributed by atoms with E-state index in [0.717, 1.165) is 6.42 Å². The van der Waals surface area contributed by atoms with Crippen molar-refractivity contribution in [3.8, 4) is 11.1 Å². The van der Waals surface area contributed by atoms with Gasteiger partial charge in [0.25, 0.3) is 0 Å². The third-order valence-electron chi connectivity index (χ3n) is 4.16. The third-order valence-corrected chi connectivity index (χ3v) is 4.16. The molecule has 0 fully saturated rings. The molecule has 5 rings (SSSR count). The van der Waals surface area contributed by atoms with Crippen LogP contribution in [0.15, 0.2) is 84.9 Å². The Hall–Kier alpha value is -1.63. The summed E-state index contributed by atoms with van der Waals surface area (Å²) >= 11 is 1.74. The average Bonchev–Trinajstić information content (AvgIpc) is 3.26. The van der Waals surface area contributed by atoms with Gasteiger partial charge in [-0.15, -0.1) is 35.2 Å². The van der Waals surface area contributed by atoms with E-state index in [1.54, 1.807) is 23.3 Å². The Morgan fingerprint density at radius 3 is 2.25 bits per heavy atom. The molecule has 4 aromatic carbocycles. The standard InChI is InChI=1S/C13H9.C9H7.C2H6Si.2CH3.Zr/c1-3-7-12-10(5-1)9-11-6-2-4-8-13(11)12;1-2-5-9-7-3-6-8(9)4-1;1-3-2;;;/h1-5,7-8H,9H2;1-7H;1-2H3;2*1H3;/q2*-1;;2*-1;. The summed E-state index contributed by atoms with van der Waals surface area (Å²) in [6, 6.07) is 32.8. The predicted octanol–water partition coefficient (Wildman–Crippen LogP) is 7.30. The zero-order chi connectivity index (χ0) is 18.4. The molecular formula is C26H28SiZr-4. The van der Waals surface area contributed by atoms with Gasteiger partial charge < -0.3 is 14.9 Å². The van der Waals surface area contributed by atoms with Crippen molar-refractivity contribution >= 4 is 16.2 Å². The number of rotatable bonds is 0. The molecule has 0 radical (unpaired) electrons. The van der Waals surface area contributed by atoms with Gasteiger partial charge in [-0.25, -0.2) is 0 Å². The normalized spacial score (nSPS) is 9.89. The van der Waals surface area contributed by atoms with Crippen molar-refractivity contribution < 1.29 is 23.3 Å². The van der Waals surface area contributed by atoms with E-state index < -0.39 is 0 Å². The Morgan fingerprint density at radius 1 is 0.857 bits per heavy atom. The molecule has 0 N–H and O–H groups in total. The van der Waals surface area contributed by atoms with Gasteiger partial charge in [-0.3, -0.25) is 0 Å². The molecule has 1 aliphatic rings. The van der Waals surface area contributed by atoms with Crippen molar-refractivity contribution in [2.45, 2.75) is 19.5 Å². The minimum absolute atomic E-state index is 0. The zero-order valence-corrected chi connectivity index (χ0v) is 20.7.